The molecule has 0 aliphatic carbocycles. The average molecular weight is 321 g/mol. The van der Waals surface area contributed by atoms with E-state index in [1.165, 1.54) is 10.8 Å². The number of fused-ring (bicyclic) bond motifs is 2. The largest absolute Gasteiger partial charge is 0.142 e. The van der Waals surface area contributed by atoms with Gasteiger partial charge in [-0.15, -0.1) is 12.6 Å². The van der Waals surface area contributed by atoms with E-state index in [4.69, 9.17) is 24.2 Å². The minimum Gasteiger partial charge on any atom is -0.142 e. The third-order valence-corrected chi connectivity index (χ3v) is 4.82. The molecule has 0 aliphatic heterocycles. The predicted octanol–water partition coefficient (Wildman–Crippen LogP) is 6.60. The van der Waals surface area contributed by atoms with E-state index in [1.807, 2.05) is 24.3 Å². The molecule has 0 amide bonds. The molecule has 4 rings (SSSR count). The van der Waals surface area contributed by atoms with Crippen LogP contribution in [0.5, 0.6) is 0 Å². The molecule has 0 bridgehead atoms. The molecule has 0 unspecified atom stereocenters. The first-order valence-electron chi connectivity index (χ1n) is 7.13. The Hall–Kier alpha value is -1.96. The van der Waals surface area contributed by atoms with E-state index in [1.54, 1.807) is 0 Å². The van der Waals surface area contributed by atoms with Gasteiger partial charge in [-0.3, -0.25) is 0 Å². The molecule has 0 fully saturated rings. The Balaban J connectivity index is 2.01. The third kappa shape index (κ3) is 2.18. The number of thiol groups is 1. The van der Waals surface area contributed by atoms with Gasteiger partial charge < -0.3 is 0 Å². The molecule has 0 saturated carbocycles. The van der Waals surface area contributed by atoms with Crippen molar-refractivity contribution in [3.63, 3.8) is 0 Å². The molecule has 0 aromatic heterocycles. The van der Waals surface area contributed by atoms with Crippen molar-refractivity contribution in [1.29, 1.82) is 0 Å². The highest BCUT2D eigenvalue weighted by molar-refractivity contribution is 7.80. The van der Waals surface area contributed by atoms with E-state index in [0.717, 1.165) is 31.8 Å². The number of hydrogen-bond acceptors (Lipinski definition) is 1. The van der Waals surface area contributed by atoms with Gasteiger partial charge in [0.15, 0.2) is 0 Å². The van der Waals surface area contributed by atoms with Crippen molar-refractivity contribution in [3.05, 3.63) is 77.8 Å². The number of benzene rings is 4. The van der Waals surface area contributed by atoms with E-state index in [0.29, 0.717) is 0 Å². The molecule has 0 heterocycles. The van der Waals surface area contributed by atoms with Crippen molar-refractivity contribution < 1.29 is 0 Å². The number of halogens is 1. The lowest BCUT2D eigenvalue weighted by molar-refractivity contribution is 1.53. The van der Waals surface area contributed by atoms with E-state index in [9.17, 15) is 0 Å². The van der Waals surface area contributed by atoms with Crippen molar-refractivity contribution in [2.24, 2.45) is 0 Å². The van der Waals surface area contributed by atoms with Crippen LogP contribution in [-0.4, -0.2) is 0 Å². The van der Waals surface area contributed by atoms with Crippen molar-refractivity contribution in [1.82, 2.24) is 0 Å². The van der Waals surface area contributed by atoms with Crippen LogP contribution in [0.15, 0.2) is 77.7 Å². The average Bonchev–Trinajstić information content (AvgIpc) is 2.58. The quantitative estimate of drug-likeness (QED) is 0.375. The zero-order chi connectivity index (χ0) is 15.1. The molecule has 4 aromatic rings. The summed E-state index contributed by atoms with van der Waals surface area (Å²) in [6.45, 7) is 0. The second-order valence-corrected chi connectivity index (χ2v) is 6.22. The Labute approximate surface area is 139 Å². The first kappa shape index (κ1) is 13.7. The molecule has 0 saturated heterocycles. The zero-order valence-corrected chi connectivity index (χ0v) is 13.4. The molecular weight excluding hydrogens is 308 g/mol. The molecule has 0 atom stereocenters. The smallest absolute Gasteiger partial charge is 0.0491 e. The Bertz CT molecular complexity index is 1000. The van der Waals surface area contributed by atoms with Crippen LogP contribution in [0.2, 0.25) is 5.02 Å². The van der Waals surface area contributed by atoms with Crippen LogP contribution in [0, 0.1) is 0 Å². The van der Waals surface area contributed by atoms with Crippen LogP contribution in [-0.2, 0) is 0 Å². The van der Waals surface area contributed by atoms with Crippen LogP contribution >= 0.6 is 24.2 Å². The molecule has 0 nitrogen and oxygen atoms in total. The van der Waals surface area contributed by atoms with E-state index >= 15 is 0 Å². The van der Waals surface area contributed by atoms with Gasteiger partial charge in [-0.2, -0.15) is 0 Å². The number of rotatable bonds is 1. The maximum Gasteiger partial charge on any atom is 0.0491 e. The van der Waals surface area contributed by atoms with Gasteiger partial charge in [0.1, 0.15) is 0 Å². The highest BCUT2D eigenvalue weighted by atomic mass is 35.5. The molecule has 2 heteroatoms. The summed E-state index contributed by atoms with van der Waals surface area (Å²) < 4.78 is 0. The van der Waals surface area contributed by atoms with E-state index in [2.05, 4.69) is 48.5 Å². The summed E-state index contributed by atoms with van der Waals surface area (Å²) in [6.07, 6.45) is 0. The summed E-state index contributed by atoms with van der Waals surface area (Å²) in [6, 6.07) is 24.9. The Kier molecular flexibility index (Phi) is 3.33. The maximum absolute atomic E-state index is 6.47. The van der Waals surface area contributed by atoms with Gasteiger partial charge >= 0.3 is 0 Å². The summed E-state index contributed by atoms with van der Waals surface area (Å²) in [5, 5.41) is 5.34. The normalized spacial score (nSPS) is 11.2. The first-order valence-corrected chi connectivity index (χ1v) is 7.96. The van der Waals surface area contributed by atoms with Crippen molar-refractivity contribution in [3.8, 4) is 11.1 Å². The van der Waals surface area contributed by atoms with Crippen LogP contribution in [0.1, 0.15) is 0 Å². The third-order valence-electron chi connectivity index (χ3n) is 4.03. The highest BCUT2D eigenvalue weighted by Crippen LogP contribution is 2.38. The van der Waals surface area contributed by atoms with Gasteiger partial charge in [0, 0.05) is 15.3 Å². The minimum absolute atomic E-state index is 0.761. The Morgan fingerprint density at radius 1 is 0.682 bits per heavy atom. The first-order chi connectivity index (χ1) is 10.7. The lowest BCUT2D eigenvalue weighted by atomic mass is 9.98. The summed E-state index contributed by atoms with van der Waals surface area (Å²) in [5.74, 6) is 0. The van der Waals surface area contributed by atoms with Gasteiger partial charge in [-0.1, -0.05) is 72.3 Å². The monoisotopic (exact) mass is 320 g/mol. The molecule has 0 N–H and O–H groups in total. The predicted molar refractivity (Wildman–Crippen MR) is 99.2 cm³/mol. The fourth-order valence-electron chi connectivity index (χ4n) is 2.89. The fraction of sp³-hybridized carbons (Fsp3) is 0. The van der Waals surface area contributed by atoms with Crippen molar-refractivity contribution in [2.45, 2.75) is 4.90 Å². The lowest BCUT2D eigenvalue weighted by Crippen LogP contribution is -1.85. The minimum atomic E-state index is 0.761. The highest BCUT2D eigenvalue weighted by Gasteiger charge is 2.10. The van der Waals surface area contributed by atoms with E-state index in [-0.39, 0.29) is 0 Å². The molecule has 0 spiro atoms. The zero-order valence-electron chi connectivity index (χ0n) is 11.8. The molecule has 106 valence electrons. The molecular formula is C20H13ClS. The van der Waals surface area contributed by atoms with Crippen LogP contribution in [0.25, 0.3) is 32.7 Å². The van der Waals surface area contributed by atoms with Gasteiger partial charge in [-0.05, 0) is 39.4 Å². The second-order valence-electron chi connectivity index (χ2n) is 5.36. The molecule has 22 heavy (non-hydrogen) atoms. The molecule has 0 aliphatic rings. The Morgan fingerprint density at radius 2 is 1.36 bits per heavy atom. The fourth-order valence-corrected chi connectivity index (χ4v) is 3.56. The van der Waals surface area contributed by atoms with Gasteiger partial charge in [0.2, 0.25) is 0 Å². The van der Waals surface area contributed by atoms with Crippen molar-refractivity contribution >= 4 is 45.8 Å². The maximum atomic E-state index is 6.47. The van der Waals surface area contributed by atoms with Crippen molar-refractivity contribution in [2.75, 3.05) is 0 Å². The summed E-state index contributed by atoms with van der Waals surface area (Å²) in [5.41, 5.74) is 2.20. The van der Waals surface area contributed by atoms with Gasteiger partial charge in [0.25, 0.3) is 0 Å². The summed E-state index contributed by atoms with van der Waals surface area (Å²) in [4.78, 5) is 0.968. The summed E-state index contributed by atoms with van der Waals surface area (Å²) >= 11 is 11.2. The Morgan fingerprint density at radius 3 is 2.18 bits per heavy atom. The molecule has 4 aromatic carbocycles. The second kappa shape index (κ2) is 5.35. The standard InChI is InChI=1S/C20H13ClS/c21-19-12-18(20(22)17-8-4-3-7-16(17)19)15-10-9-13-5-1-2-6-14(13)11-15/h1-12,22H. The van der Waals surface area contributed by atoms with Crippen LogP contribution < -0.4 is 0 Å². The van der Waals surface area contributed by atoms with Crippen LogP contribution in [0.3, 0.4) is 0 Å². The molecule has 0 radical (unpaired) electrons. The lowest BCUT2D eigenvalue weighted by Gasteiger charge is -2.11. The van der Waals surface area contributed by atoms with Gasteiger partial charge in [-0.25, -0.2) is 0 Å². The van der Waals surface area contributed by atoms with Crippen LogP contribution in [0.4, 0.5) is 0 Å². The summed E-state index contributed by atoms with van der Waals surface area (Å²) in [7, 11) is 0. The SMILES string of the molecule is Sc1c(-c2ccc3ccccc3c2)cc(Cl)c2ccccc12. The van der Waals surface area contributed by atoms with E-state index < -0.39 is 0 Å². The number of hydrogen-bond donors (Lipinski definition) is 1. The topological polar surface area (TPSA) is 0 Å². The van der Waals surface area contributed by atoms with Gasteiger partial charge in [0.05, 0.1) is 0 Å².